The smallest absolute Gasteiger partial charge is 0.408 e. The van der Waals surface area contributed by atoms with Crippen molar-refractivity contribution in [3.8, 4) is 0 Å². The van der Waals surface area contributed by atoms with Crippen LogP contribution in [0, 0.1) is 5.92 Å². The van der Waals surface area contributed by atoms with E-state index in [1.807, 2.05) is 13.8 Å². The van der Waals surface area contributed by atoms with Crippen LogP contribution in [0.25, 0.3) is 0 Å². The summed E-state index contributed by atoms with van der Waals surface area (Å²) in [5, 5.41) is 4.12. The Labute approximate surface area is 196 Å². The van der Waals surface area contributed by atoms with Crippen molar-refractivity contribution in [3.63, 3.8) is 0 Å². The van der Waals surface area contributed by atoms with Crippen molar-refractivity contribution in [2.75, 3.05) is 7.11 Å². The van der Waals surface area contributed by atoms with Crippen LogP contribution < -0.4 is 10.0 Å². The molecule has 1 heterocycles. The number of hydrogen-bond acceptors (Lipinski definition) is 8. The van der Waals surface area contributed by atoms with E-state index in [9.17, 15) is 23.4 Å². The van der Waals surface area contributed by atoms with Crippen LogP contribution in [0.2, 0.25) is 5.02 Å². The molecule has 0 spiro atoms. The molecule has 0 fully saturated rings. The fourth-order valence-electron chi connectivity index (χ4n) is 2.28. The van der Waals surface area contributed by atoms with Crippen molar-refractivity contribution in [2.45, 2.75) is 63.3 Å². The zero-order valence-electron chi connectivity index (χ0n) is 18.7. The lowest BCUT2D eigenvalue weighted by Crippen LogP contribution is -2.44. The zero-order valence-corrected chi connectivity index (χ0v) is 21.1. The molecule has 1 aromatic rings. The third-order valence-corrected chi connectivity index (χ3v) is 7.16. The molecule has 180 valence electrons. The predicted octanol–water partition coefficient (Wildman–Crippen LogP) is 3.29. The lowest BCUT2D eigenvalue weighted by atomic mass is 10.0. The summed E-state index contributed by atoms with van der Waals surface area (Å²) in [5.41, 5.74) is -0.796. The first-order valence-corrected chi connectivity index (χ1v) is 12.3. The van der Waals surface area contributed by atoms with E-state index < -0.39 is 51.9 Å². The summed E-state index contributed by atoms with van der Waals surface area (Å²) in [6.07, 6.45) is -1.38. The van der Waals surface area contributed by atoms with E-state index in [1.165, 1.54) is 11.4 Å². The van der Waals surface area contributed by atoms with Crippen molar-refractivity contribution in [2.24, 2.45) is 10.3 Å². The fraction of sp³-hybridized carbons (Fsp3) is 0.579. The average molecular weight is 510 g/mol. The van der Waals surface area contributed by atoms with Crippen LogP contribution in [0.4, 0.5) is 4.79 Å². The van der Waals surface area contributed by atoms with Gasteiger partial charge in [0.2, 0.25) is 5.91 Å². The number of nitrogens with zero attached hydrogens (tertiary/aromatic N) is 1. The number of halogens is 1. The number of ether oxygens (including phenoxy) is 2. The van der Waals surface area contributed by atoms with Crippen LogP contribution in [0.15, 0.2) is 20.0 Å². The number of amides is 3. The SMILES string of the molecule is COC(=O)CC(=O)NS(=O)(=NC(=O)[C@H](CC(C)C)NC(=O)OC(C)(C)C)c1cc(Cl)cs1. The minimum atomic E-state index is -3.84. The van der Waals surface area contributed by atoms with Gasteiger partial charge < -0.3 is 14.8 Å². The predicted molar refractivity (Wildman–Crippen MR) is 121 cm³/mol. The van der Waals surface area contributed by atoms with Gasteiger partial charge in [-0.25, -0.2) is 9.00 Å². The van der Waals surface area contributed by atoms with Crippen LogP contribution in [0.5, 0.6) is 0 Å². The van der Waals surface area contributed by atoms with Crippen LogP contribution >= 0.6 is 22.9 Å². The molecule has 3 amide bonds. The van der Waals surface area contributed by atoms with Crippen LogP contribution in [-0.4, -0.2) is 46.8 Å². The Morgan fingerprint density at radius 2 is 1.88 bits per heavy atom. The summed E-state index contributed by atoms with van der Waals surface area (Å²) < 4.78 is 29.0. The zero-order chi connectivity index (χ0) is 24.7. The highest BCUT2D eigenvalue weighted by Gasteiger charge is 2.28. The standard InChI is InChI=1S/C19H28ClN3O7S2/c1-11(2)7-13(21-18(27)30-19(3,4)5)17(26)23-32(28,16-8-12(20)10-31-16)22-14(24)9-15(25)29-6/h8,10-11,13H,7,9H2,1-6H3,(H,21,27)(H,22,23,24,26,28)/t13-,32?/m0/s1. The lowest BCUT2D eigenvalue weighted by molar-refractivity contribution is -0.143. The number of carbonyl (C=O) groups is 4. The summed E-state index contributed by atoms with van der Waals surface area (Å²) in [6, 6.07) is 0.140. The molecule has 0 saturated heterocycles. The number of rotatable bonds is 8. The molecule has 10 nitrogen and oxygen atoms in total. The number of thiophene rings is 1. The second kappa shape index (κ2) is 11.6. The Balaban J connectivity index is 3.31. The third kappa shape index (κ3) is 9.53. The molecular formula is C19H28ClN3O7S2. The molecule has 0 aliphatic heterocycles. The van der Waals surface area contributed by atoms with Gasteiger partial charge in [-0.05, 0) is 39.2 Å². The van der Waals surface area contributed by atoms with E-state index in [2.05, 4.69) is 19.1 Å². The maximum Gasteiger partial charge on any atom is 0.408 e. The Bertz CT molecular complexity index is 976. The van der Waals surface area contributed by atoms with Gasteiger partial charge in [-0.3, -0.25) is 19.1 Å². The van der Waals surface area contributed by atoms with Crippen LogP contribution in [0.1, 0.15) is 47.5 Å². The van der Waals surface area contributed by atoms with Gasteiger partial charge in [0, 0.05) is 5.38 Å². The largest absolute Gasteiger partial charge is 0.469 e. The molecule has 0 aliphatic rings. The molecule has 1 rings (SSSR count). The molecule has 0 radical (unpaired) electrons. The highest BCUT2D eigenvalue weighted by Crippen LogP contribution is 2.25. The Kier molecular flexibility index (Phi) is 10.1. The summed E-state index contributed by atoms with van der Waals surface area (Å²) >= 11 is 6.82. The van der Waals surface area contributed by atoms with E-state index in [0.717, 1.165) is 18.4 Å². The van der Waals surface area contributed by atoms with E-state index in [0.29, 0.717) is 0 Å². The molecule has 32 heavy (non-hydrogen) atoms. The Morgan fingerprint density at radius 3 is 2.34 bits per heavy atom. The normalized spacial score (nSPS) is 14.1. The number of hydrogen-bond donors (Lipinski definition) is 2. The first-order valence-electron chi connectivity index (χ1n) is 9.57. The summed E-state index contributed by atoms with van der Waals surface area (Å²) in [6.45, 7) is 8.65. The molecule has 1 unspecified atom stereocenters. The topological polar surface area (TPSA) is 140 Å². The van der Waals surface area contributed by atoms with E-state index in [-0.39, 0.29) is 21.6 Å². The first kappa shape index (κ1) is 27.9. The molecule has 2 atom stereocenters. The van der Waals surface area contributed by atoms with Gasteiger partial charge in [-0.2, -0.15) is 0 Å². The monoisotopic (exact) mass is 509 g/mol. The second-order valence-electron chi connectivity index (χ2n) is 8.15. The quantitative estimate of drug-likeness (QED) is 0.404. The molecule has 0 saturated carbocycles. The molecule has 2 N–H and O–H groups in total. The third-order valence-electron chi connectivity index (χ3n) is 3.52. The number of nitrogens with one attached hydrogen (secondary N) is 2. The highest BCUT2D eigenvalue weighted by molar-refractivity contribution is 7.94. The van der Waals surface area contributed by atoms with Gasteiger partial charge in [-0.1, -0.05) is 25.4 Å². The van der Waals surface area contributed by atoms with Crippen molar-refractivity contribution in [1.82, 2.24) is 10.0 Å². The van der Waals surface area contributed by atoms with Crippen LogP contribution in [0.3, 0.4) is 0 Å². The molecule has 0 aromatic carbocycles. The Hall–Kier alpha value is -2.18. The molecule has 0 aliphatic carbocycles. The van der Waals surface area contributed by atoms with Crippen molar-refractivity contribution in [1.29, 1.82) is 0 Å². The van der Waals surface area contributed by atoms with Crippen LogP contribution in [-0.2, 0) is 33.8 Å². The van der Waals surface area contributed by atoms with Gasteiger partial charge in [0.15, 0.2) is 9.92 Å². The number of alkyl carbamates (subject to hydrolysis) is 1. The van der Waals surface area contributed by atoms with E-state index >= 15 is 0 Å². The van der Waals surface area contributed by atoms with Gasteiger partial charge in [0.1, 0.15) is 22.3 Å². The first-order chi connectivity index (χ1) is 14.6. The fourth-order valence-corrected chi connectivity index (χ4v) is 5.34. The van der Waals surface area contributed by atoms with Gasteiger partial charge in [-0.15, -0.1) is 15.7 Å². The molecule has 13 heteroatoms. The van der Waals surface area contributed by atoms with Gasteiger partial charge >= 0.3 is 12.1 Å². The lowest BCUT2D eigenvalue weighted by Gasteiger charge is -2.23. The number of esters is 1. The Morgan fingerprint density at radius 1 is 1.25 bits per heavy atom. The molecular weight excluding hydrogens is 482 g/mol. The van der Waals surface area contributed by atoms with Gasteiger partial charge in [0.25, 0.3) is 5.91 Å². The molecule has 0 bridgehead atoms. The number of carbonyl (C=O) groups excluding carboxylic acids is 4. The summed E-state index contributed by atoms with van der Waals surface area (Å²) in [5.74, 6) is -2.78. The van der Waals surface area contributed by atoms with E-state index in [4.69, 9.17) is 16.3 Å². The minimum Gasteiger partial charge on any atom is -0.469 e. The highest BCUT2D eigenvalue weighted by atomic mass is 35.5. The van der Waals surface area contributed by atoms with Crippen molar-refractivity contribution < 1.29 is 32.9 Å². The summed E-state index contributed by atoms with van der Waals surface area (Å²) in [7, 11) is -2.74. The van der Waals surface area contributed by atoms with Crippen molar-refractivity contribution in [3.05, 3.63) is 16.5 Å². The maximum atomic E-state index is 13.5. The maximum absolute atomic E-state index is 13.5. The summed E-state index contributed by atoms with van der Waals surface area (Å²) in [4.78, 5) is 48.7. The average Bonchev–Trinajstić information content (AvgIpc) is 3.06. The molecule has 1 aromatic heterocycles. The van der Waals surface area contributed by atoms with Gasteiger partial charge in [0.05, 0.1) is 12.1 Å². The minimum absolute atomic E-state index is 0.00892. The van der Waals surface area contributed by atoms with Crippen molar-refractivity contribution >= 4 is 56.7 Å². The van der Waals surface area contributed by atoms with E-state index in [1.54, 1.807) is 20.8 Å². The second-order valence-corrected chi connectivity index (χ2v) is 11.6. The number of methoxy groups -OCH3 is 1.